The molecule has 1 atom stereocenters. The number of hydrazine groups is 1. The van der Waals surface area contributed by atoms with Gasteiger partial charge in [0.15, 0.2) is 5.69 Å². The van der Waals surface area contributed by atoms with Crippen LogP contribution in [0.3, 0.4) is 0 Å². The van der Waals surface area contributed by atoms with Crippen LogP contribution in [0.4, 0.5) is 13.2 Å². The number of benzene rings is 1. The zero-order chi connectivity index (χ0) is 22.5. The number of hydrogen-bond acceptors (Lipinski definition) is 5. The maximum absolute atomic E-state index is 12.9. The molecule has 1 aromatic carbocycles. The Morgan fingerprint density at radius 3 is 2.37 bits per heavy atom. The molecule has 0 aliphatic carbocycles. The van der Waals surface area contributed by atoms with Crippen LogP contribution in [0, 0.1) is 0 Å². The lowest BCUT2D eigenvalue weighted by molar-refractivity contribution is -0.137. The minimum Gasteiger partial charge on any atom is -0.344 e. The second-order valence-electron chi connectivity index (χ2n) is 5.85. The van der Waals surface area contributed by atoms with Gasteiger partial charge in [0, 0.05) is 23.0 Å². The molecule has 0 aliphatic heterocycles. The predicted octanol–water partition coefficient (Wildman–Crippen LogP) is 2.64. The van der Waals surface area contributed by atoms with E-state index in [1.54, 1.807) is 0 Å². The van der Waals surface area contributed by atoms with E-state index in [1.807, 2.05) is 5.43 Å². The van der Waals surface area contributed by atoms with E-state index in [0.717, 1.165) is 6.07 Å². The fourth-order valence-corrected chi connectivity index (χ4v) is 2.59. The van der Waals surface area contributed by atoms with E-state index < -0.39 is 35.5 Å². The average molecular weight is 464 g/mol. The first-order valence-corrected chi connectivity index (χ1v) is 9.09. The molecule has 0 radical (unpaired) electrons. The van der Waals surface area contributed by atoms with Gasteiger partial charge >= 0.3 is 6.18 Å². The van der Waals surface area contributed by atoms with Crippen LogP contribution in [0.25, 0.3) is 0 Å². The Balaban J connectivity index is 2.22. The summed E-state index contributed by atoms with van der Waals surface area (Å²) in [7, 11) is 0. The maximum atomic E-state index is 12.9. The number of nitrogens with zero attached hydrogens (tertiary/aromatic N) is 2. The number of amides is 3. The summed E-state index contributed by atoms with van der Waals surface area (Å²) in [5.74, 6) is -2.76. The number of aromatic nitrogens is 2. The van der Waals surface area contributed by atoms with Crippen LogP contribution in [-0.4, -0.2) is 33.6 Å². The Morgan fingerprint density at radius 1 is 1.07 bits per heavy atom. The van der Waals surface area contributed by atoms with Gasteiger partial charge in [0.05, 0.1) is 17.3 Å². The second-order valence-corrected chi connectivity index (χ2v) is 6.55. The van der Waals surface area contributed by atoms with Crippen molar-refractivity contribution in [1.82, 2.24) is 26.1 Å². The summed E-state index contributed by atoms with van der Waals surface area (Å²) in [5, 5.41) is 2.17. The zero-order valence-corrected chi connectivity index (χ0v) is 16.7. The van der Waals surface area contributed by atoms with E-state index >= 15 is 0 Å². The Bertz CT molecular complexity index is 972. The largest absolute Gasteiger partial charge is 0.416 e. The molecule has 3 amide bonds. The van der Waals surface area contributed by atoms with Gasteiger partial charge in [0.25, 0.3) is 17.7 Å². The number of carbonyl (C=O) groups is 3. The monoisotopic (exact) mass is 463 g/mol. The summed E-state index contributed by atoms with van der Waals surface area (Å²) in [5.41, 5.74) is 2.51. The van der Waals surface area contributed by atoms with E-state index in [-0.39, 0.29) is 27.9 Å². The molecule has 2 rings (SSSR count). The van der Waals surface area contributed by atoms with Crippen molar-refractivity contribution in [1.29, 1.82) is 0 Å². The molecule has 0 aliphatic rings. The first-order chi connectivity index (χ1) is 14.0. The van der Waals surface area contributed by atoms with Crippen molar-refractivity contribution < 1.29 is 27.6 Å². The van der Waals surface area contributed by atoms with Crippen molar-refractivity contribution >= 4 is 40.9 Å². The van der Waals surface area contributed by atoms with Crippen molar-refractivity contribution in [2.45, 2.75) is 19.1 Å². The van der Waals surface area contributed by atoms with Gasteiger partial charge in [-0.05, 0) is 25.1 Å². The molecule has 3 N–H and O–H groups in total. The van der Waals surface area contributed by atoms with Gasteiger partial charge in [-0.15, -0.1) is 11.6 Å². The minimum absolute atomic E-state index is 0.0153. The van der Waals surface area contributed by atoms with Crippen LogP contribution < -0.4 is 16.2 Å². The lowest BCUT2D eigenvalue weighted by Gasteiger charge is -2.17. The van der Waals surface area contributed by atoms with Gasteiger partial charge in [-0.3, -0.25) is 30.2 Å². The van der Waals surface area contributed by atoms with E-state index in [1.165, 1.54) is 19.3 Å². The molecule has 0 spiro atoms. The van der Waals surface area contributed by atoms with Crippen molar-refractivity contribution in [3.05, 3.63) is 58.1 Å². The molecular weight excluding hydrogens is 450 g/mol. The molecule has 1 unspecified atom stereocenters. The second kappa shape index (κ2) is 9.72. The van der Waals surface area contributed by atoms with Crippen molar-refractivity contribution in [3.63, 3.8) is 0 Å². The summed E-state index contributed by atoms with van der Waals surface area (Å²) in [6.45, 7) is 1.45. The number of halogens is 5. The Hall–Kier alpha value is -2.92. The van der Waals surface area contributed by atoms with Crippen molar-refractivity contribution in [2.75, 3.05) is 5.88 Å². The van der Waals surface area contributed by atoms with Crippen LogP contribution >= 0.6 is 23.2 Å². The highest BCUT2D eigenvalue weighted by atomic mass is 35.5. The quantitative estimate of drug-likeness (QED) is 0.465. The van der Waals surface area contributed by atoms with E-state index in [2.05, 4.69) is 20.7 Å². The Kier molecular flexibility index (Phi) is 7.57. The lowest BCUT2D eigenvalue weighted by Crippen LogP contribution is -2.43. The normalized spacial score (nSPS) is 12.1. The first-order valence-electron chi connectivity index (χ1n) is 8.17. The molecule has 0 saturated heterocycles. The first kappa shape index (κ1) is 23.4. The Labute approximate surface area is 178 Å². The molecule has 160 valence electrons. The van der Waals surface area contributed by atoms with Crippen LogP contribution in [0.5, 0.6) is 0 Å². The maximum Gasteiger partial charge on any atom is 0.416 e. The Morgan fingerprint density at radius 2 is 1.73 bits per heavy atom. The van der Waals surface area contributed by atoms with Crippen LogP contribution in [0.1, 0.15) is 45.1 Å². The molecule has 1 heterocycles. The number of hydrogen-bond donors (Lipinski definition) is 3. The average Bonchev–Trinajstić information content (AvgIpc) is 2.70. The van der Waals surface area contributed by atoms with Gasteiger partial charge in [0.1, 0.15) is 5.88 Å². The number of rotatable bonds is 5. The van der Waals surface area contributed by atoms with Gasteiger partial charge < -0.3 is 5.32 Å². The van der Waals surface area contributed by atoms with E-state index in [0.29, 0.717) is 12.1 Å². The molecule has 1 aromatic heterocycles. The third-order valence-corrected chi connectivity index (χ3v) is 4.08. The minimum atomic E-state index is -4.69. The highest BCUT2D eigenvalue weighted by Crippen LogP contribution is 2.32. The van der Waals surface area contributed by atoms with Gasteiger partial charge in [-0.1, -0.05) is 11.6 Å². The standard InChI is InChI=1S/C17H14Cl2F3N5O3/c1-8(13-14(24-3-2-23-13)16(30)27-26-12(28)7-18)25-15(29)9-4-10(17(20,21)22)6-11(19)5-9/h2-6,8H,7H2,1H3,(H,25,29)(H,26,28)(H,27,30). The predicted molar refractivity (Wildman–Crippen MR) is 101 cm³/mol. The van der Waals surface area contributed by atoms with Crippen LogP contribution in [-0.2, 0) is 11.0 Å². The highest BCUT2D eigenvalue weighted by molar-refractivity contribution is 6.31. The smallest absolute Gasteiger partial charge is 0.344 e. The highest BCUT2D eigenvalue weighted by Gasteiger charge is 2.32. The van der Waals surface area contributed by atoms with E-state index in [4.69, 9.17) is 23.2 Å². The fraction of sp³-hybridized carbons (Fsp3) is 0.235. The fourth-order valence-electron chi connectivity index (χ4n) is 2.29. The van der Waals surface area contributed by atoms with Crippen molar-refractivity contribution in [2.24, 2.45) is 0 Å². The third-order valence-electron chi connectivity index (χ3n) is 3.62. The van der Waals surface area contributed by atoms with E-state index in [9.17, 15) is 27.6 Å². The van der Waals surface area contributed by atoms with Crippen LogP contribution in [0.2, 0.25) is 5.02 Å². The van der Waals surface area contributed by atoms with Crippen molar-refractivity contribution in [3.8, 4) is 0 Å². The number of carbonyl (C=O) groups excluding carboxylic acids is 3. The number of nitrogens with one attached hydrogen (secondary N) is 3. The molecule has 0 fully saturated rings. The summed E-state index contributed by atoms with van der Waals surface area (Å²) in [6.07, 6.45) is -2.22. The van der Waals surface area contributed by atoms with Gasteiger partial charge in [0.2, 0.25) is 0 Å². The zero-order valence-electron chi connectivity index (χ0n) is 15.2. The lowest BCUT2D eigenvalue weighted by atomic mass is 10.1. The number of alkyl halides is 4. The molecule has 0 bridgehead atoms. The SMILES string of the molecule is CC(NC(=O)c1cc(Cl)cc(C(F)(F)F)c1)c1nccnc1C(=O)NNC(=O)CCl. The summed E-state index contributed by atoms with van der Waals surface area (Å²) in [4.78, 5) is 43.7. The molecular formula is C17H14Cl2F3N5O3. The molecule has 8 nitrogen and oxygen atoms in total. The van der Waals surface area contributed by atoms with Gasteiger partial charge in [-0.2, -0.15) is 13.2 Å². The third kappa shape index (κ3) is 6.04. The summed E-state index contributed by atoms with van der Waals surface area (Å²) in [6, 6.07) is 1.50. The topological polar surface area (TPSA) is 113 Å². The van der Waals surface area contributed by atoms with Gasteiger partial charge in [-0.25, -0.2) is 4.98 Å². The molecule has 0 saturated carbocycles. The molecule has 2 aromatic rings. The summed E-state index contributed by atoms with van der Waals surface area (Å²) < 4.78 is 38.8. The molecule has 13 heteroatoms. The molecule has 30 heavy (non-hydrogen) atoms. The van der Waals surface area contributed by atoms with Crippen LogP contribution in [0.15, 0.2) is 30.6 Å². The summed E-state index contributed by atoms with van der Waals surface area (Å²) >= 11 is 11.0.